The monoisotopic (exact) mass is 480 g/mol. The van der Waals surface area contributed by atoms with Gasteiger partial charge in [0.15, 0.2) is 0 Å². The van der Waals surface area contributed by atoms with E-state index in [1.807, 2.05) is 0 Å². The molecule has 32 heavy (non-hydrogen) atoms. The molecule has 3 atom stereocenters. The van der Waals surface area contributed by atoms with Gasteiger partial charge in [0.25, 0.3) is 7.52 Å². The highest BCUT2D eigenvalue weighted by Crippen LogP contribution is 2.44. The molecule has 0 aliphatic heterocycles. The highest BCUT2D eigenvalue weighted by molar-refractivity contribution is 7.56. The summed E-state index contributed by atoms with van der Waals surface area (Å²) in [5.41, 5.74) is -0.508. The van der Waals surface area contributed by atoms with Crippen LogP contribution in [0.2, 0.25) is 0 Å². The third kappa shape index (κ3) is 10.3. The highest BCUT2D eigenvalue weighted by Gasteiger charge is 2.36. The standard InChI is InChI=1S/C20H37N2O9P/c1-14(2)29-18(25)15(3)22-32(27,13-28-5)31-16(4)30-19(26)21-12-20(11-17(23)24)9-7-6-8-10-20/h14-16H,6-13H2,1-5H3,(H,21,26)(H,22,27)(H,23,24)/t15-,16?,32?/m0/s1. The Hall–Kier alpha value is -1.68. The summed E-state index contributed by atoms with van der Waals surface area (Å²) >= 11 is 0. The maximum absolute atomic E-state index is 13.0. The second kappa shape index (κ2) is 13.1. The fraction of sp³-hybridized carbons (Fsp3) is 0.850. The lowest BCUT2D eigenvalue weighted by Gasteiger charge is -2.36. The summed E-state index contributed by atoms with van der Waals surface area (Å²) in [6.07, 6.45) is 1.52. The zero-order valence-electron chi connectivity index (χ0n) is 19.5. The lowest BCUT2D eigenvalue weighted by Crippen LogP contribution is -2.41. The van der Waals surface area contributed by atoms with Crippen LogP contribution in [-0.2, 0) is 32.9 Å². The number of ether oxygens (including phenoxy) is 3. The Labute approximate surface area is 189 Å². The van der Waals surface area contributed by atoms with Gasteiger partial charge in [0.1, 0.15) is 12.4 Å². The van der Waals surface area contributed by atoms with E-state index >= 15 is 0 Å². The molecule has 0 aromatic heterocycles. The van der Waals surface area contributed by atoms with Gasteiger partial charge in [-0.2, -0.15) is 0 Å². The number of rotatable bonds is 13. The number of alkyl carbamates (subject to hydrolysis) is 1. The van der Waals surface area contributed by atoms with Crippen molar-refractivity contribution < 1.29 is 42.8 Å². The van der Waals surface area contributed by atoms with Crippen molar-refractivity contribution in [2.75, 3.05) is 20.0 Å². The molecule has 2 unspecified atom stereocenters. The minimum atomic E-state index is -3.72. The van der Waals surface area contributed by atoms with Gasteiger partial charge in [-0.25, -0.2) is 9.88 Å². The van der Waals surface area contributed by atoms with Gasteiger partial charge in [0.2, 0.25) is 6.29 Å². The van der Waals surface area contributed by atoms with Gasteiger partial charge in [-0.15, -0.1) is 0 Å². The van der Waals surface area contributed by atoms with Crippen LogP contribution in [0, 0.1) is 5.41 Å². The molecule has 1 aliphatic carbocycles. The SMILES string of the molecule is COCP(=O)(N[C@@H](C)C(=O)OC(C)C)OC(C)OC(=O)NCC1(CC(=O)O)CCCCC1. The second-order valence-corrected chi connectivity index (χ2v) is 10.6. The van der Waals surface area contributed by atoms with Crippen LogP contribution in [0.4, 0.5) is 4.79 Å². The van der Waals surface area contributed by atoms with Crippen molar-refractivity contribution in [1.82, 2.24) is 10.4 Å². The minimum Gasteiger partial charge on any atom is -0.481 e. The van der Waals surface area contributed by atoms with Crippen LogP contribution < -0.4 is 10.4 Å². The first-order valence-electron chi connectivity index (χ1n) is 10.8. The Morgan fingerprint density at radius 2 is 1.69 bits per heavy atom. The molecule has 186 valence electrons. The zero-order chi connectivity index (χ0) is 24.4. The first kappa shape index (κ1) is 28.4. The lowest BCUT2D eigenvalue weighted by atomic mass is 9.72. The average molecular weight is 480 g/mol. The smallest absolute Gasteiger partial charge is 0.409 e. The van der Waals surface area contributed by atoms with E-state index < -0.39 is 43.3 Å². The van der Waals surface area contributed by atoms with Crippen molar-refractivity contribution in [1.29, 1.82) is 0 Å². The summed E-state index contributed by atoms with van der Waals surface area (Å²) < 4.78 is 33.6. The topological polar surface area (TPSA) is 149 Å². The van der Waals surface area contributed by atoms with Crippen LogP contribution in [0.5, 0.6) is 0 Å². The zero-order valence-corrected chi connectivity index (χ0v) is 20.4. The molecule has 0 bridgehead atoms. The summed E-state index contributed by atoms with van der Waals surface area (Å²) in [5.74, 6) is -1.52. The van der Waals surface area contributed by atoms with Crippen LogP contribution in [0.3, 0.4) is 0 Å². The molecule has 1 rings (SSSR count). The van der Waals surface area contributed by atoms with Gasteiger partial charge < -0.3 is 24.6 Å². The van der Waals surface area contributed by atoms with Gasteiger partial charge in [-0.3, -0.25) is 18.7 Å². The molecule has 0 radical (unpaired) electrons. The summed E-state index contributed by atoms with van der Waals surface area (Å²) in [5, 5.41) is 14.4. The van der Waals surface area contributed by atoms with Gasteiger partial charge in [0.05, 0.1) is 12.5 Å². The van der Waals surface area contributed by atoms with Crippen molar-refractivity contribution in [3.63, 3.8) is 0 Å². The molecule has 1 amide bonds. The number of aliphatic carboxylic acids is 1. The van der Waals surface area contributed by atoms with Crippen molar-refractivity contribution in [3.8, 4) is 0 Å². The van der Waals surface area contributed by atoms with Crippen LogP contribution in [0.15, 0.2) is 0 Å². The fourth-order valence-electron chi connectivity index (χ4n) is 3.70. The number of nitrogens with one attached hydrogen (secondary N) is 2. The van der Waals surface area contributed by atoms with E-state index in [1.165, 1.54) is 21.0 Å². The summed E-state index contributed by atoms with van der Waals surface area (Å²) in [7, 11) is -2.40. The first-order chi connectivity index (χ1) is 14.9. The molecule has 0 saturated heterocycles. The Morgan fingerprint density at radius 1 is 1.06 bits per heavy atom. The van der Waals surface area contributed by atoms with Gasteiger partial charge in [0, 0.05) is 13.7 Å². The Kier molecular flexibility index (Phi) is 11.6. The number of carbonyl (C=O) groups excluding carboxylic acids is 2. The van der Waals surface area contributed by atoms with E-state index in [0.717, 1.165) is 19.3 Å². The molecule has 0 aromatic carbocycles. The summed E-state index contributed by atoms with van der Waals surface area (Å²) in [6, 6.07) is -0.943. The number of carbonyl (C=O) groups is 3. The summed E-state index contributed by atoms with van der Waals surface area (Å²) in [4.78, 5) is 35.5. The van der Waals surface area contributed by atoms with E-state index in [0.29, 0.717) is 12.8 Å². The molecule has 1 saturated carbocycles. The lowest BCUT2D eigenvalue weighted by molar-refractivity contribution is -0.149. The van der Waals surface area contributed by atoms with Crippen LogP contribution in [-0.4, -0.2) is 61.6 Å². The quantitative estimate of drug-likeness (QED) is 0.204. The molecule has 1 aliphatic rings. The number of amides is 1. The minimum absolute atomic E-state index is 0.0311. The predicted octanol–water partition coefficient (Wildman–Crippen LogP) is 3.23. The molecule has 3 N–H and O–H groups in total. The molecule has 1 fully saturated rings. The third-order valence-corrected chi connectivity index (χ3v) is 7.05. The number of methoxy groups -OCH3 is 1. The van der Waals surface area contributed by atoms with Crippen molar-refractivity contribution in [2.24, 2.45) is 5.41 Å². The van der Waals surface area contributed by atoms with Crippen molar-refractivity contribution >= 4 is 25.6 Å². The average Bonchev–Trinajstić information content (AvgIpc) is 2.65. The van der Waals surface area contributed by atoms with Gasteiger partial charge in [-0.05, 0) is 46.0 Å². The maximum atomic E-state index is 13.0. The van der Waals surface area contributed by atoms with Crippen molar-refractivity contribution in [3.05, 3.63) is 0 Å². The van der Waals surface area contributed by atoms with E-state index in [9.17, 15) is 24.1 Å². The van der Waals surface area contributed by atoms with Crippen LogP contribution >= 0.6 is 7.52 Å². The van der Waals surface area contributed by atoms with E-state index in [1.54, 1.807) is 13.8 Å². The van der Waals surface area contributed by atoms with E-state index in [-0.39, 0.29) is 25.4 Å². The van der Waals surface area contributed by atoms with Gasteiger partial charge >= 0.3 is 18.0 Å². The maximum Gasteiger partial charge on any atom is 0.409 e. The van der Waals surface area contributed by atoms with E-state index in [4.69, 9.17) is 18.7 Å². The number of carboxylic acid groups (broad SMARTS) is 1. The molecule has 11 nitrogen and oxygen atoms in total. The second-order valence-electron chi connectivity index (χ2n) is 8.49. The molecule has 0 spiro atoms. The van der Waals surface area contributed by atoms with Gasteiger partial charge in [-0.1, -0.05) is 19.3 Å². The number of hydrogen-bond donors (Lipinski definition) is 3. The molecular weight excluding hydrogens is 443 g/mol. The van der Waals surface area contributed by atoms with Crippen molar-refractivity contribution in [2.45, 2.75) is 84.7 Å². The van der Waals surface area contributed by atoms with Crippen LogP contribution in [0.1, 0.15) is 66.2 Å². The largest absolute Gasteiger partial charge is 0.481 e. The van der Waals surface area contributed by atoms with Crippen LogP contribution in [0.25, 0.3) is 0 Å². The Morgan fingerprint density at radius 3 is 2.22 bits per heavy atom. The number of carboxylic acids is 1. The third-order valence-electron chi connectivity index (χ3n) is 5.03. The normalized spacial score (nSPS) is 19.4. The molecule has 12 heteroatoms. The summed E-state index contributed by atoms with van der Waals surface area (Å²) in [6.45, 7) is 6.41. The molecule has 0 heterocycles. The Bertz CT molecular complexity index is 680. The first-order valence-corrected chi connectivity index (χ1v) is 12.6. The van der Waals surface area contributed by atoms with E-state index in [2.05, 4.69) is 10.4 Å². The predicted molar refractivity (Wildman–Crippen MR) is 116 cm³/mol. The highest BCUT2D eigenvalue weighted by atomic mass is 31.2. The number of hydrogen-bond acceptors (Lipinski definition) is 8. The molecular formula is C20H37N2O9P. The fourth-order valence-corrected chi connectivity index (χ4v) is 5.46. The molecule has 0 aromatic rings. The Balaban J connectivity index is 2.64. The number of esters is 1.